The first-order chi connectivity index (χ1) is 11.4. The van der Waals surface area contributed by atoms with Gasteiger partial charge in [0.15, 0.2) is 11.3 Å². The first-order valence-corrected chi connectivity index (χ1v) is 8.95. The predicted octanol–water partition coefficient (Wildman–Crippen LogP) is 4.77. The zero-order valence-electron chi connectivity index (χ0n) is 13.6. The lowest BCUT2D eigenvalue weighted by Gasteiger charge is -2.14. The number of rotatable bonds is 6. The Kier molecular flexibility index (Phi) is 6.62. The maximum Gasteiger partial charge on any atom is 0.277 e. The molecule has 7 heteroatoms. The third-order valence-electron chi connectivity index (χ3n) is 3.20. The van der Waals surface area contributed by atoms with E-state index in [-0.39, 0.29) is 12.5 Å². The summed E-state index contributed by atoms with van der Waals surface area (Å²) in [5, 5.41) is 3.84. The third-order valence-corrected chi connectivity index (χ3v) is 4.91. The molecule has 5 nitrogen and oxygen atoms in total. The first-order valence-electron chi connectivity index (χ1n) is 7.37. The molecule has 0 saturated carbocycles. The van der Waals surface area contributed by atoms with Gasteiger partial charge < -0.3 is 9.15 Å². The number of furan rings is 1. The highest BCUT2D eigenvalue weighted by Crippen LogP contribution is 2.27. The van der Waals surface area contributed by atoms with Crippen molar-refractivity contribution in [3.05, 3.63) is 50.3 Å². The van der Waals surface area contributed by atoms with Crippen molar-refractivity contribution in [1.29, 1.82) is 0 Å². The van der Waals surface area contributed by atoms with E-state index in [1.165, 1.54) is 6.21 Å². The van der Waals surface area contributed by atoms with Gasteiger partial charge in [-0.25, -0.2) is 5.43 Å². The smallest absolute Gasteiger partial charge is 0.277 e. The Morgan fingerprint density at radius 2 is 2.12 bits per heavy atom. The van der Waals surface area contributed by atoms with Crippen LogP contribution in [-0.4, -0.2) is 18.7 Å². The van der Waals surface area contributed by atoms with Crippen molar-refractivity contribution >= 4 is 44.0 Å². The van der Waals surface area contributed by atoms with Gasteiger partial charge in [-0.2, -0.15) is 5.10 Å². The monoisotopic (exact) mass is 456 g/mol. The molecule has 1 N–H and O–H groups in total. The number of hydrogen-bond donors (Lipinski definition) is 1. The molecule has 1 aromatic heterocycles. The van der Waals surface area contributed by atoms with Gasteiger partial charge >= 0.3 is 0 Å². The molecule has 0 spiro atoms. The minimum atomic E-state index is -0.341. The van der Waals surface area contributed by atoms with Crippen LogP contribution in [0, 0.1) is 6.92 Å². The van der Waals surface area contributed by atoms with E-state index in [0.717, 1.165) is 21.3 Å². The Morgan fingerprint density at radius 1 is 1.38 bits per heavy atom. The van der Waals surface area contributed by atoms with Crippen LogP contribution in [0.4, 0.5) is 0 Å². The maximum absolute atomic E-state index is 11.8. The number of hydrazone groups is 1. The lowest BCUT2D eigenvalue weighted by molar-refractivity contribution is -0.123. The van der Waals surface area contributed by atoms with Gasteiger partial charge in [0.05, 0.1) is 10.7 Å². The first kappa shape index (κ1) is 18.7. The Labute approximate surface area is 157 Å². The molecule has 0 radical (unpaired) electrons. The molecular formula is C17H18Br2N2O3. The SMILES string of the molecule is Cc1ccc(C(C)C)c(OCC(=O)NN=Cc2cc(Br)c(Br)o2)c1. The molecule has 2 aromatic rings. The maximum atomic E-state index is 11.8. The van der Waals surface area contributed by atoms with E-state index in [0.29, 0.717) is 16.3 Å². The van der Waals surface area contributed by atoms with Crippen LogP contribution in [0.2, 0.25) is 0 Å². The van der Waals surface area contributed by atoms with Crippen molar-refractivity contribution in [1.82, 2.24) is 5.43 Å². The van der Waals surface area contributed by atoms with Crippen molar-refractivity contribution in [3.8, 4) is 5.75 Å². The second kappa shape index (κ2) is 8.48. The lowest BCUT2D eigenvalue weighted by atomic mass is 10.0. The average molecular weight is 458 g/mol. The summed E-state index contributed by atoms with van der Waals surface area (Å²) < 4.78 is 12.3. The van der Waals surface area contributed by atoms with Crippen molar-refractivity contribution in [3.63, 3.8) is 0 Å². The molecule has 24 heavy (non-hydrogen) atoms. The molecule has 0 bridgehead atoms. The zero-order chi connectivity index (χ0) is 17.7. The summed E-state index contributed by atoms with van der Waals surface area (Å²) in [6, 6.07) is 7.73. The van der Waals surface area contributed by atoms with Gasteiger partial charge in [0.1, 0.15) is 11.5 Å². The summed E-state index contributed by atoms with van der Waals surface area (Å²) in [5.41, 5.74) is 4.56. The van der Waals surface area contributed by atoms with Crippen molar-refractivity contribution in [2.45, 2.75) is 26.7 Å². The number of halogens is 2. The number of carbonyl (C=O) groups excluding carboxylic acids is 1. The van der Waals surface area contributed by atoms with Gasteiger partial charge in [-0.3, -0.25) is 4.79 Å². The second-order valence-corrected chi connectivity index (χ2v) is 7.12. The van der Waals surface area contributed by atoms with Gasteiger partial charge in [-0.15, -0.1) is 0 Å². The molecule has 0 aliphatic carbocycles. The highest BCUT2D eigenvalue weighted by Gasteiger charge is 2.10. The normalized spacial score (nSPS) is 11.2. The summed E-state index contributed by atoms with van der Waals surface area (Å²) in [6.07, 6.45) is 1.42. The van der Waals surface area contributed by atoms with E-state index in [2.05, 4.69) is 56.2 Å². The zero-order valence-corrected chi connectivity index (χ0v) is 16.8. The topological polar surface area (TPSA) is 63.8 Å². The second-order valence-electron chi connectivity index (χ2n) is 5.55. The number of nitrogens with one attached hydrogen (secondary N) is 1. The molecule has 128 valence electrons. The molecule has 0 saturated heterocycles. The molecule has 1 amide bonds. The molecule has 1 heterocycles. The molecule has 0 atom stereocenters. The van der Waals surface area contributed by atoms with Gasteiger partial charge in [0.2, 0.25) is 0 Å². The van der Waals surface area contributed by atoms with Gasteiger partial charge in [-0.05, 0) is 61.9 Å². The number of hydrogen-bond acceptors (Lipinski definition) is 4. The number of aryl methyl sites for hydroxylation is 1. The van der Waals surface area contributed by atoms with E-state index in [4.69, 9.17) is 9.15 Å². The standard InChI is InChI=1S/C17H18Br2N2O3/c1-10(2)13-5-4-11(3)6-15(13)23-9-16(22)21-20-8-12-7-14(18)17(19)24-12/h4-8,10H,9H2,1-3H3,(H,21,22). The van der Waals surface area contributed by atoms with E-state index < -0.39 is 0 Å². The molecule has 0 aliphatic rings. The van der Waals surface area contributed by atoms with Crippen LogP contribution in [0.5, 0.6) is 5.75 Å². The highest BCUT2D eigenvalue weighted by atomic mass is 79.9. The predicted molar refractivity (Wildman–Crippen MR) is 101 cm³/mol. The Hall–Kier alpha value is -1.60. The fourth-order valence-electron chi connectivity index (χ4n) is 2.01. The van der Waals surface area contributed by atoms with E-state index in [1.807, 2.05) is 25.1 Å². The van der Waals surface area contributed by atoms with Gasteiger partial charge in [0.25, 0.3) is 5.91 Å². The average Bonchev–Trinajstić information content (AvgIpc) is 2.83. The van der Waals surface area contributed by atoms with Gasteiger partial charge in [-0.1, -0.05) is 26.0 Å². The number of amides is 1. The number of nitrogens with zero attached hydrogens (tertiary/aromatic N) is 1. The van der Waals surface area contributed by atoms with Crippen LogP contribution in [-0.2, 0) is 4.79 Å². The number of ether oxygens (including phenoxy) is 1. The summed E-state index contributed by atoms with van der Waals surface area (Å²) in [6.45, 7) is 6.05. The van der Waals surface area contributed by atoms with E-state index >= 15 is 0 Å². The van der Waals surface area contributed by atoms with Crippen LogP contribution in [0.3, 0.4) is 0 Å². The number of carbonyl (C=O) groups is 1. The summed E-state index contributed by atoms with van der Waals surface area (Å²) in [4.78, 5) is 11.8. The minimum absolute atomic E-state index is 0.105. The third kappa shape index (κ3) is 5.21. The fourth-order valence-corrected chi connectivity index (χ4v) is 2.62. The molecule has 0 aliphatic heterocycles. The fraction of sp³-hybridized carbons (Fsp3) is 0.294. The Balaban J connectivity index is 1.90. The van der Waals surface area contributed by atoms with Gasteiger partial charge in [0, 0.05) is 6.07 Å². The van der Waals surface area contributed by atoms with Crippen molar-refractivity contribution in [2.75, 3.05) is 6.61 Å². The molecule has 1 aromatic carbocycles. The van der Waals surface area contributed by atoms with E-state index in [1.54, 1.807) is 6.07 Å². The van der Waals surface area contributed by atoms with Crippen LogP contribution < -0.4 is 10.2 Å². The molecule has 0 unspecified atom stereocenters. The van der Waals surface area contributed by atoms with Crippen molar-refractivity contribution < 1.29 is 13.9 Å². The Morgan fingerprint density at radius 3 is 2.75 bits per heavy atom. The molecule has 0 fully saturated rings. The lowest BCUT2D eigenvalue weighted by Crippen LogP contribution is -2.24. The van der Waals surface area contributed by atoms with E-state index in [9.17, 15) is 4.79 Å². The highest BCUT2D eigenvalue weighted by molar-refractivity contribution is 9.13. The quantitative estimate of drug-likeness (QED) is 0.502. The van der Waals surface area contributed by atoms with Crippen LogP contribution in [0.15, 0.2) is 42.9 Å². The van der Waals surface area contributed by atoms with Crippen molar-refractivity contribution in [2.24, 2.45) is 5.10 Å². The largest absolute Gasteiger partial charge is 0.483 e. The number of benzene rings is 1. The van der Waals surface area contributed by atoms with Crippen LogP contribution >= 0.6 is 31.9 Å². The molecule has 2 rings (SSSR count). The summed E-state index contributed by atoms with van der Waals surface area (Å²) in [7, 11) is 0. The summed E-state index contributed by atoms with van der Waals surface area (Å²) >= 11 is 6.53. The van der Waals surface area contributed by atoms with Crippen LogP contribution in [0.25, 0.3) is 0 Å². The van der Waals surface area contributed by atoms with Crippen LogP contribution in [0.1, 0.15) is 36.7 Å². The molecular weight excluding hydrogens is 440 g/mol. The summed E-state index contributed by atoms with van der Waals surface area (Å²) in [5.74, 6) is 1.21. The minimum Gasteiger partial charge on any atom is -0.483 e. The Bertz CT molecular complexity index is 735.